The molecule has 1 unspecified atom stereocenters. The van der Waals surface area contributed by atoms with E-state index in [0.717, 1.165) is 16.3 Å². The Morgan fingerprint density at radius 3 is 2.84 bits per heavy atom. The van der Waals surface area contributed by atoms with Crippen LogP contribution >= 0.6 is 22.9 Å². The van der Waals surface area contributed by atoms with Crippen molar-refractivity contribution in [3.63, 3.8) is 0 Å². The summed E-state index contributed by atoms with van der Waals surface area (Å²) in [5.41, 5.74) is 1.48. The highest BCUT2D eigenvalue weighted by Crippen LogP contribution is 2.32. The van der Waals surface area contributed by atoms with Crippen molar-refractivity contribution < 1.29 is 4.92 Å². The lowest BCUT2D eigenvalue weighted by Gasteiger charge is -2.15. The zero-order valence-corrected chi connectivity index (χ0v) is 12.0. The molecule has 1 atom stereocenters. The Bertz CT molecular complexity index is 601. The molecule has 1 heterocycles. The first-order valence-electron chi connectivity index (χ1n) is 5.59. The fourth-order valence-electron chi connectivity index (χ4n) is 1.71. The maximum Gasteiger partial charge on any atom is 0.288 e. The maximum absolute atomic E-state index is 10.8. The number of aromatic nitrogens is 1. The number of rotatable bonds is 4. The average Bonchev–Trinajstić information content (AvgIpc) is 2.86. The van der Waals surface area contributed by atoms with E-state index in [1.54, 1.807) is 30.5 Å². The van der Waals surface area contributed by atoms with Crippen LogP contribution in [0.15, 0.2) is 23.7 Å². The lowest BCUT2D eigenvalue weighted by molar-refractivity contribution is -0.384. The molecule has 1 aromatic carbocycles. The molecular weight excluding hydrogens is 286 g/mol. The molecule has 1 aromatic heterocycles. The van der Waals surface area contributed by atoms with Crippen molar-refractivity contribution in [2.45, 2.75) is 19.9 Å². The van der Waals surface area contributed by atoms with E-state index in [2.05, 4.69) is 10.3 Å². The number of nitro groups is 1. The number of nitro benzene ring substituents is 1. The molecule has 0 aliphatic rings. The quantitative estimate of drug-likeness (QED) is 0.679. The minimum absolute atomic E-state index is 0.0243. The van der Waals surface area contributed by atoms with Crippen LogP contribution in [-0.2, 0) is 0 Å². The summed E-state index contributed by atoms with van der Waals surface area (Å²) in [5.74, 6) is 0. The van der Waals surface area contributed by atoms with Gasteiger partial charge < -0.3 is 5.32 Å². The van der Waals surface area contributed by atoms with Crippen molar-refractivity contribution in [2.24, 2.45) is 0 Å². The number of halogens is 1. The van der Waals surface area contributed by atoms with Gasteiger partial charge in [0.2, 0.25) is 0 Å². The number of anilines is 1. The van der Waals surface area contributed by atoms with E-state index in [0.29, 0.717) is 0 Å². The van der Waals surface area contributed by atoms with Crippen molar-refractivity contribution in [1.82, 2.24) is 4.98 Å². The Kier molecular flexibility index (Phi) is 4.01. The number of hydrogen-bond acceptors (Lipinski definition) is 5. The van der Waals surface area contributed by atoms with Gasteiger partial charge in [-0.2, -0.15) is 0 Å². The molecule has 7 heteroatoms. The van der Waals surface area contributed by atoms with E-state index in [1.807, 2.05) is 12.3 Å². The van der Waals surface area contributed by atoms with Crippen LogP contribution in [0.4, 0.5) is 11.4 Å². The molecule has 0 fully saturated rings. The Balaban J connectivity index is 2.26. The van der Waals surface area contributed by atoms with Gasteiger partial charge in [0.1, 0.15) is 10.0 Å². The minimum atomic E-state index is -0.483. The second-order valence-corrected chi connectivity index (χ2v) is 5.45. The molecule has 1 N–H and O–H groups in total. The van der Waals surface area contributed by atoms with Crippen molar-refractivity contribution in [3.05, 3.63) is 49.4 Å². The van der Waals surface area contributed by atoms with Gasteiger partial charge in [-0.05, 0) is 25.5 Å². The maximum atomic E-state index is 10.8. The zero-order valence-electron chi connectivity index (χ0n) is 10.4. The summed E-state index contributed by atoms with van der Waals surface area (Å²) in [6, 6.07) is 3.08. The highest BCUT2D eigenvalue weighted by Gasteiger charge is 2.16. The SMILES string of the molecule is Cc1cc([N+](=O)[O-])c(Cl)cc1NC(C)c1nccs1. The van der Waals surface area contributed by atoms with E-state index >= 15 is 0 Å². The second kappa shape index (κ2) is 5.54. The van der Waals surface area contributed by atoms with Crippen LogP contribution in [0, 0.1) is 17.0 Å². The Morgan fingerprint density at radius 2 is 2.26 bits per heavy atom. The van der Waals surface area contributed by atoms with E-state index < -0.39 is 4.92 Å². The Morgan fingerprint density at radius 1 is 1.53 bits per heavy atom. The van der Waals surface area contributed by atoms with Gasteiger partial charge in [0.05, 0.1) is 11.0 Å². The van der Waals surface area contributed by atoms with Crippen LogP contribution < -0.4 is 5.32 Å². The van der Waals surface area contributed by atoms with Crippen LogP contribution in [0.2, 0.25) is 5.02 Å². The molecule has 2 aromatic rings. The van der Waals surface area contributed by atoms with Crippen LogP contribution in [-0.4, -0.2) is 9.91 Å². The predicted molar refractivity (Wildman–Crippen MR) is 77.0 cm³/mol. The normalized spacial score (nSPS) is 12.2. The summed E-state index contributed by atoms with van der Waals surface area (Å²) >= 11 is 7.46. The molecule has 0 amide bonds. The van der Waals surface area contributed by atoms with E-state index in [1.165, 1.54) is 6.07 Å². The van der Waals surface area contributed by atoms with Gasteiger partial charge >= 0.3 is 0 Å². The number of aryl methyl sites for hydroxylation is 1. The molecule has 2 rings (SSSR count). The summed E-state index contributed by atoms with van der Waals surface area (Å²) in [4.78, 5) is 14.5. The van der Waals surface area contributed by atoms with E-state index in [9.17, 15) is 10.1 Å². The lowest BCUT2D eigenvalue weighted by Crippen LogP contribution is -2.07. The summed E-state index contributed by atoms with van der Waals surface area (Å²) < 4.78 is 0. The van der Waals surface area contributed by atoms with Crippen molar-refractivity contribution in [3.8, 4) is 0 Å². The number of benzene rings is 1. The van der Waals surface area contributed by atoms with Gasteiger partial charge in [0.15, 0.2) is 0 Å². The van der Waals surface area contributed by atoms with Gasteiger partial charge in [-0.25, -0.2) is 4.98 Å². The molecule has 0 saturated heterocycles. The first kappa shape index (κ1) is 13.8. The third-order valence-corrected chi connectivity index (χ3v) is 3.95. The Labute approximate surface area is 119 Å². The van der Waals surface area contributed by atoms with Gasteiger partial charge in [-0.15, -0.1) is 11.3 Å². The van der Waals surface area contributed by atoms with Gasteiger partial charge in [0, 0.05) is 23.3 Å². The molecule has 0 aliphatic carbocycles. The second-order valence-electron chi connectivity index (χ2n) is 4.11. The summed E-state index contributed by atoms with van der Waals surface area (Å²) in [6.45, 7) is 3.79. The van der Waals surface area contributed by atoms with Crippen molar-refractivity contribution in [2.75, 3.05) is 5.32 Å². The van der Waals surface area contributed by atoms with Crippen LogP contribution in [0.5, 0.6) is 0 Å². The molecule has 0 aliphatic heterocycles. The van der Waals surface area contributed by atoms with Crippen LogP contribution in [0.25, 0.3) is 0 Å². The fraction of sp³-hybridized carbons (Fsp3) is 0.250. The fourth-order valence-corrected chi connectivity index (χ4v) is 2.58. The van der Waals surface area contributed by atoms with Gasteiger partial charge in [-0.1, -0.05) is 11.6 Å². The molecule has 0 bridgehead atoms. The minimum Gasteiger partial charge on any atom is -0.376 e. The zero-order chi connectivity index (χ0) is 14.0. The topological polar surface area (TPSA) is 68.1 Å². The van der Waals surface area contributed by atoms with Crippen LogP contribution in [0.3, 0.4) is 0 Å². The molecule has 5 nitrogen and oxygen atoms in total. The highest BCUT2D eigenvalue weighted by atomic mass is 35.5. The number of nitrogens with zero attached hydrogens (tertiary/aromatic N) is 2. The molecule has 0 spiro atoms. The molecule has 19 heavy (non-hydrogen) atoms. The standard InChI is InChI=1S/C12H12ClN3O2S/c1-7-5-11(16(17)18)9(13)6-10(7)15-8(2)12-14-3-4-19-12/h3-6,8,15H,1-2H3. The first-order chi connectivity index (χ1) is 8.99. The van der Waals surface area contributed by atoms with Gasteiger partial charge in [0.25, 0.3) is 5.69 Å². The van der Waals surface area contributed by atoms with E-state index in [4.69, 9.17) is 11.6 Å². The van der Waals surface area contributed by atoms with Gasteiger partial charge in [-0.3, -0.25) is 10.1 Å². The van der Waals surface area contributed by atoms with Crippen LogP contribution in [0.1, 0.15) is 23.5 Å². The highest BCUT2D eigenvalue weighted by molar-refractivity contribution is 7.09. The summed E-state index contributed by atoms with van der Waals surface area (Å²) in [7, 11) is 0. The predicted octanol–water partition coefficient (Wildman–Crippen LogP) is 4.19. The number of nitrogens with one attached hydrogen (secondary N) is 1. The third kappa shape index (κ3) is 3.02. The smallest absolute Gasteiger partial charge is 0.288 e. The molecular formula is C12H12ClN3O2S. The number of hydrogen-bond donors (Lipinski definition) is 1. The largest absolute Gasteiger partial charge is 0.376 e. The lowest BCUT2D eigenvalue weighted by atomic mass is 10.1. The Hall–Kier alpha value is -1.66. The van der Waals surface area contributed by atoms with E-state index in [-0.39, 0.29) is 16.8 Å². The third-order valence-electron chi connectivity index (χ3n) is 2.68. The molecule has 100 valence electrons. The first-order valence-corrected chi connectivity index (χ1v) is 6.85. The average molecular weight is 298 g/mol. The molecule has 0 radical (unpaired) electrons. The number of thiazole rings is 1. The summed E-state index contributed by atoms with van der Waals surface area (Å²) in [5, 5.41) is 17.0. The monoisotopic (exact) mass is 297 g/mol. The summed E-state index contributed by atoms with van der Waals surface area (Å²) in [6.07, 6.45) is 1.74. The van der Waals surface area contributed by atoms with Crippen molar-refractivity contribution in [1.29, 1.82) is 0 Å². The molecule has 0 saturated carbocycles. The van der Waals surface area contributed by atoms with Crippen molar-refractivity contribution >= 4 is 34.3 Å².